The van der Waals surface area contributed by atoms with Gasteiger partial charge in [0.1, 0.15) is 5.75 Å². The fourth-order valence-electron chi connectivity index (χ4n) is 2.00. The van der Waals surface area contributed by atoms with E-state index in [1.165, 1.54) is 5.56 Å². The highest BCUT2D eigenvalue weighted by Crippen LogP contribution is 2.29. The van der Waals surface area contributed by atoms with Gasteiger partial charge in [-0.1, -0.05) is 32.9 Å². The number of aromatic nitrogens is 1. The normalized spacial score (nSPS) is 13.0. The molecule has 2 aromatic rings. The van der Waals surface area contributed by atoms with E-state index in [1.807, 2.05) is 18.2 Å². The molecule has 0 aliphatic rings. The molecule has 1 aromatic carbocycles. The number of hydrogen-bond acceptors (Lipinski definition) is 3. The van der Waals surface area contributed by atoms with E-state index in [4.69, 9.17) is 4.74 Å². The van der Waals surface area contributed by atoms with Crippen LogP contribution in [0.2, 0.25) is 0 Å². The van der Waals surface area contributed by atoms with Gasteiger partial charge in [-0.3, -0.25) is 0 Å². The minimum absolute atomic E-state index is 0.176. The number of nitrogens with zero attached hydrogens (tertiary/aromatic N) is 1. The second kappa shape index (κ2) is 6.27. The zero-order valence-electron chi connectivity index (χ0n) is 13.1. The molecule has 2 rings (SSSR count). The predicted octanol–water partition coefficient (Wildman–Crippen LogP) is 4.61. The van der Waals surface area contributed by atoms with Crippen molar-refractivity contribution < 1.29 is 9.84 Å². The van der Waals surface area contributed by atoms with Gasteiger partial charge in [0.05, 0.1) is 6.10 Å². The highest BCUT2D eigenvalue weighted by atomic mass is 16.5. The molecule has 1 aromatic heterocycles. The first-order valence-corrected chi connectivity index (χ1v) is 7.35. The SMILES string of the molecule is CCC(C)(C)c1ccc(Oc2ccc(C(C)O)cn2)cc1. The van der Waals surface area contributed by atoms with E-state index < -0.39 is 6.10 Å². The van der Waals surface area contributed by atoms with E-state index in [2.05, 4.69) is 37.9 Å². The van der Waals surface area contributed by atoms with E-state index in [-0.39, 0.29) is 5.41 Å². The van der Waals surface area contributed by atoms with Crippen molar-refractivity contribution in [2.24, 2.45) is 0 Å². The van der Waals surface area contributed by atoms with Crippen molar-refractivity contribution in [3.8, 4) is 11.6 Å². The zero-order chi connectivity index (χ0) is 15.5. The second-order valence-electron chi connectivity index (χ2n) is 5.97. The van der Waals surface area contributed by atoms with Gasteiger partial charge in [-0.15, -0.1) is 0 Å². The summed E-state index contributed by atoms with van der Waals surface area (Å²) in [7, 11) is 0. The number of ether oxygens (including phenoxy) is 1. The first kappa shape index (κ1) is 15.5. The van der Waals surface area contributed by atoms with Crippen LogP contribution in [0.3, 0.4) is 0 Å². The second-order valence-corrected chi connectivity index (χ2v) is 5.97. The third-order valence-electron chi connectivity index (χ3n) is 3.98. The molecule has 1 N–H and O–H groups in total. The van der Waals surface area contributed by atoms with Crippen molar-refractivity contribution in [3.63, 3.8) is 0 Å². The molecule has 112 valence electrons. The van der Waals surface area contributed by atoms with Gasteiger partial charge in [0.2, 0.25) is 5.88 Å². The van der Waals surface area contributed by atoms with E-state index in [0.29, 0.717) is 5.88 Å². The van der Waals surface area contributed by atoms with Gasteiger partial charge in [-0.2, -0.15) is 0 Å². The first-order valence-electron chi connectivity index (χ1n) is 7.35. The smallest absolute Gasteiger partial charge is 0.219 e. The summed E-state index contributed by atoms with van der Waals surface area (Å²) >= 11 is 0. The van der Waals surface area contributed by atoms with Crippen molar-refractivity contribution in [1.29, 1.82) is 0 Å². The average molecular weight is 285 g/mol. The molecule has 21 heavy (non-hydrogen) atoms. The van der Waals surface area contributed by atoms with Crippen molar-refractivity contribution in [1.82, 2.24) is 4.98 Å². The standard InChI is InChI=1S/C18H23NO2/c1-5-18(3,4)15-7-9-16(10-8-15)21-17-11-6-14(12-19-17)13(2)20/h6-13,20H,5H2,1-4H3. The Labute approximate surface area is 126 Å². The molecule has 0 saturated carbocycles. The number of pyridine rings is 1. The minimum atomic E-state index is -0.512. The lowest BCUT2D eigenvalue weighted by Gasteiger charge is -2.23. The number of aliphatic hydroxyl groups is 1. The van der Waals surface area contributed by atoms with Crippen LogP contribution in [0.25, 0.3) is 0 Å². The molecule has 3 nitrogen and oxygen atoms in total. The molecular formula is C18H23NO2. The fraction of sp³-hybridized carbons (Fsp3) is 0.389. The third-order valence-corrected chi connectivity index (χ3v) is 3.98. The lowest BCUT2D eigenvalue weighted by Crippen LogP contribution is -2.14. The summed E-state index contributed by atoms with van der Waals surface area (Å²) in [4.78, 5) is 4.20. The van der Waals surface area contributed by atoms with Crippen LogP contribution < -0.4 is 4.74 Å². The monoisotopic (exact) mass is 285 g/mol. The topological polar surface area (TPSA) is 42.4 Å². The largest absolute Gasteiger partial charge is 0.439 e. The Kier molecular flexibility index (Phi) is 4.63. The molecule has 1 atom stereocenters. The molecule has 0 aliphatic carbocycles. The van der Waals surface area contributed by atoms with Crippen LogP contribution in [0.15, 0.2) is 42.6 Å². The highest BCUT2D eigenvalue weighted by Gasteiger charge is 2.17. The quantitative estimate of drug-likeness (QED) is 0.872. The van der Waals surface area contributed by atoms with Gasteiger partial charge >= 0.3 is 0 Å². The highest BCUT2D eigenvalue weighted by molar-refractivity contribution is 5.34. The summed E-state index contributed by atoms with van der Waals surface area (Å²) in [6, 6.07) is 11.7. The summed E-state index contributed by atoms with van der Waals surface area (Å²) in [5.74, 6) is 1.30. The molecule has 1 heterocycles. The maximum Gasteiger partial charge on any atom is 0.219 e. The molecule has 0 aliphatic heterocycles. The molecule has 0 amide bonds. The minimum Gasteiger partial charge on any atom is -0.439 e. The lowest BCUT2D eigenvalue weighted by molar-refractivity contribution is 0.198. The molecule has 0 spiro atoms. The molecule has 0 saturated heterocycles. The van der Waals surface area contributed by atoms with Gasteiger partial charge in [-0.25, -0.2) is 4.98 Å². The van der Waals surface area contributed by atoms with Gasteiger partial charge in [-0.05, 0) is 48.1 Å². The maximum atomic E-state index is 9.45. The molecule has 0 radical (unpaired) electrons. The zero-order valence-corrected chi connectivity index (χ0v) is 13.1. The Balaban J connectivity index is 2.10. The van der Waals surface area contributed by atoms with E-state index in [9.17, 15) is 5.11 Å². The summed E-state index contributed by atoms with van der Waals surface area (Å²) in [6.07, 6.45) is 2.21. The number of hydrogen-bond donors (Lipinski definition) is 1. The van der Waals surface area contributed by atoms with Crippen LogP contribution in [-0.2, 0) is 5.41 Å². The Morgan fingerprint density at radius 2 is 1.81 bits per heavy atom. The van der Waals surface area contributed by atoms with E-state index >= 15 is 0 Å². The Morgan fingerprint density at radius 1 is 1.14 bits per heavy atom. The van der Waals surface area contributed by atoms with Gasteiger partial charge in [0.25, 0.3) is 0 Å². The van der Waals surface area contributed by atoms with Crippen LogP contribution in [0.5, 0.6) is 11.6 Å². The number of benzene rings is 1. The summed E-state index contributed by atoms with van der Waals surface area (Å²) in [5, 5.41) is 9.45. The molecule has 0 bridgehead atoms. The lowest BCUT2D eigenvalue weighted by atomic mass is 9.82. The van der Waals surface area contributed by atoms with E-state index in [0.717, 1.165) is 17.7 Å². The molecular weight excluding hydrogens is 262 g/mol. The summed E-state index contributed by atoms with van der Waals surface area (Å²) in [6.45, 7) is 8.38. The molecule has 1 unspecified atom stereocenters. The summed E-state index contributed by atoms with van der Waals surface area (Å²) in [5.41, 5.74) is 2.26. The third kappa shape index (κ3) is 3.82. The fourth-order valence-corrected chi connectivity index (χ4v) is 2.00. The van der Waals surface area contributed by atoms with Crippen molar-refractivity contribution >= 4 is 0 Å². The van der Waals surface area contributed by atoms with Crippen molar-refractivity contribution in [3.05, 3.63) is 53.7 Å². The number of rotatable bonds is 5. The van der Waals surface area contributed by atoms with Crippen LogP contribution >= 0.6 is 0 Å². The van der Waals surface area contributed by atoms with Crippen LogP contribution in [-0.4, -0.2) is 10.1 Å². The molecule has 0 fully saturated rings. The van der Waals surface area contributed by atoms with Gasteiger partial charge < -0.3 is 9.84 Å². The number of aliphatic hydroxyl groups excluding tert-OH is 1. The Morgan fingerprint density at radius 3 is 2.29 bits per heavy atom. The first-order chi connectivity index (χ1) is 9.92. The Bertz CT molecular complexity index is 571. The predicted molar refractivity (Wildman–Crippen MR) is 84.7 cm³/mol. The average Bonchev–Trinajstić information content (AvgIpc) is 2.48. The van der Waals surface area contributed by atoms with Crippen molar-refractivity contribution in [2.45, 2.75) is 45.6 Å². The summed E-state index contributed by atoms with van der Waals surface area (Å²) < 4.78 is 5.72. The van der Waals surface area contributed by atoms with Crippen LogP contribution in [0.4, 0.5) is 0 Å². The van der Waals surface area contributed by atoms with Crippen molar-refractivity contribution in [2.75, 3.05) is 0 Å². The van der Waals surface area contributed by atoms with Crippen LogP contribution in [0, 0.1) is 0 Å². The van der Waals surface area contributed by atoms with Gasteiger partial charge in [0, 0.05) is 12.3 Å². The maximum absolute atomic E-state index is 9.45. The van der Waals surface area contributed by atoms with Crippen LogP contribution in [0.1, 0.15) is 51.3 Å². The van der Waals surface area contributed by atoms with E-state index in [1.54, 1.807) is 19.2 Å². The van der Waals surface area contributed by atoms with Gasteiger partial charge in [0.15, 0.2) is 0 Å². The molecule has 3 heteroatoms. The Hall–Kier alpha value is -1.87.